The van der Waals surface area contributed by atoms with Crippen LogP contribution in [0, 0.1) is 0 Å². The number of carboxylic acid groups (broad SMARTS) is 1. The molecular weight excluding hydrogens is 515 g/mol. The van der Waals surface area contributed by atoms with E-state index in [1.165, 1.54) is 15.8 Å². The van der Waals surface area contributed by atoms with Gasteiger partial charge in [-0.1, -0.05) is 12.8 Å². The molecule has 2 aliphatic rings. The number of likely N-dealkylation sites (tertiary alicyclic amines) is 1. The number of aliphatic carboxylic acids is 1. The first-order valence-corrected chi connectivity index (χ1v) is 12.5. The maximum absolute atomic E-state index is 13.7. The molecule has 1 saturated carbocycles. The molecule has 3 heterocycles. The Morgan fingerprint density at radius 2 is 1.95 bits per heavy atom. The highest BCUT2D eigenvalue weighted by atomic mass is 19.4. The van der Waals surface area contributed by atoms with E-state index in [9.17, 15) is 36.6 Å². The van der Waals surface area contributed by atoms with Crippen molar-refractivity contribution in [3.8, 4) is 11.5 Å². The van der Waals surface area contributed by atoms with Crippen LogP contribution in [0.4, 0.5) is 22.0 Å². The molecule has 1 aliphatic carbocycles. The molecule has 0 bridgehead atoms. The average molecular weight is 545 g/mol. The van der Waals surface area contributed by atoms with Crippen LogP contribution in [0.5, 0.6) is 0 Å². The quantitative estimate of drug-likeness (QED) is 0.456. The predicted octanol–water partition coefficient (Wildman–Crippen LogP) is 4.17. The van der Waals surface area contributed by atoms with Gasteiger partial charge in [0, 0.05) is 25.2 Å². The maximum Gasteiger partial charge on any atom is 0.418 e. The number of carbonyl (C=O) groups excluding carboxylic acids is 1. The Balaban J connectivity index is 1.57. The van der Waals surface area contributed by atoms with Crippen LogP contribution in [0.25, 0.3) is 11.5 Å². The SMILES string of the molecule is O=C(O)CC(CCN1CCCC(F)(F)C1)NC(=O)c1nc(-c2ncccc2C(F)(F)F)n(C2CCCC2)n1. The average Bonchev–Trinajstić information content (AvgIpc) is 3.51. The molecule has 9 nitrogen and oxygen atoms in total. The Morgan fingerprint density at radius 3 is 2.61 bits per heavy atom. The van der Waals surface area contributed by atoms with Gasteiger partial charge in [0.05, 0.1) is 24.6 Å². The van der Waals surface area contributed by atoms with Gasteiger partial charge < -0.3 is 10.4 Å². The summed E-state index contributed by atoms with van der Waals surface area (Å²) < 4.78 is 69.9. The molecule has 208 valence electrons. The Bertz CT molecular complexity index is 1150. The van der Waals surface area contributed by atoms with Crippen molar-refractivity contribution >= 4 is 11.9 Å². The summed E-state index contributed by atoms with van der Waals surface area (Å²) in [5.41, 5.74) is -1.47. The number of alkyl halides is 5. The van der Waals surface area contributed by atoms with E-state index < -0.39 is 60.1 Å². The molecule has 2 fully saturated rings. The van der Waals surface area contributed by atoms with Gasteiger partial charge >= 0.3 is 12.1 Å². The zero-order chi connectivity index (χ0) is 27.5. The second kappa shape index (κ2) is 11.3. The number of amides is 1. The Labute approximate surface area is 215 Å². The van der Waals surface area contributed by atoms with E-state index in [1.807, 2.05) is 0 Å². The number of hydrogen-bond donors (Lipinski definition) is 2. The second-order valence-corrected chi connectivity index (χ2v) is 9.83. The van der Waals surface area contributed by atoms with Crippen molar-refractivity contribution < 1.29 is 36.6 Å². The smallest absolute Gasteiger partial charge is 0.418 e. The van der Waals surface area contributed by atoms with Gasteiger partial charge in [0.1, 0.15) is 5.69 Å². The normalized spacial score (nSPS) is 19.4. The van der Waals surface area contributed by atoms with Crippen LogP contribution in [-0.2, 0) is 11.0 Å². The summed E-state index contributed by atoms with van der Waals surface area (Å²) in [5, 5.41) is 16.1. The van der Waals surface area contributed by atoms with Crippen LogP contribution in [0.2, 0.25) is 0 Å². The molecule has 1 saturated heterocycles. The number of carboxylic acids is 1. The van der Waals surface area contributed by atoms with Crippen molar-refractivity contribution in [3.05, 3.63) is 29.7 Å². The fourth-order valence-corrected chi connectivity index (χ4v) is 5.06. The van der Waals surface area contributed by atoms with Gasteiger partial charge in [-0.15, -0.1) is 5.10 Å². The summed E-state index contributed by atoms with van der Waals surface area (Å²) in [6, 6.07) is 0.851. The minimum Gasteiger partial charge on any atom is -0.481 e. The van der Waals surface area contributed by atoms with Crippen LogP contribution in [0.15, 0.2) is 18.3 Å². The van der Waals surface area contributed by atoms with E-state index in [1.54, 1.807) is 0 Å². The van der Waals surface area contributed by atoms with Crippen LogP contribution in [0.1, 0.15) is 73.6 Å². The second-order valence-electron chi connectivity index (χ2n) is 9.83. The van der Waals surface area contributed by atoms with Crippen molar-refractivity contribution in [2.24, 2.45) is 0 Å². The van der Waals surface area contributed by atoms with Crippen LogP contribution < -0.4 is 5.32 Å². The molecule has 1 unspecified atom stereocenters. The van der Waals surface area contributed by atoms with E-state index in [2.05, 4.69) is 20.4 Å². The third-order valence-corrected chi connectivity index (χ3v) is 6.85. The summed E-state index contributed by atoms with van der Waals surface area (Å²) in [6.45, 7) is 0.139. The summed E-state index contributed by atoms with van der Waals surface area (Å²) in [7, 11) is 0. The molecule has 2 N–H and O–H groups in total. The van der Waals surface area contributed by atoms with Crippen LogP contribution in [0.3, 0.4) is 0 Å². The zero-order valence-electron chi connectivity index (χ0n) is 20.6. The van der Waals surface area contributed by atoms with E-state index in [0.29, 0.717) is 25.8 Å². The van der Waals surface area contributed by atoms with Crippen molar-refractivity contribution in [1.29, 1.82) is 0 Å². The molecular formula is C24H29F5N6O3. The lowest BCUT2D eigenvalue weighted by Gasteiger charge is -2.33. The highest BCUT2D eigenvalue weighted by Crippen LogP contribution is 2.38. The monoisotopic (exact) mass is 544 g/mol. The number of aromatic nitrogens is 4. The Kier molecular flexibility index (Phi) is 8.28. The molecule has 1 amide bonds. The number of carbonyl (C=O) groups is 2. The highest BCUT2D eigenvalue weighted by Gasteiger charge is 2.38. The van der Waals surface area contributed by atoms with Gasteiger partial charge in [0.25, 0.3) is 11.8 Å². The highest BCUT2D eigenvalue weighted by molar-refractivity contribution is 5.91. The number of piperidine rings is 1. The van der Waals surface area contributed by atoms with Crippen LogP contribution in [-0.4, -0.2) is 73.2 Å². The van der Waals surface area contributed by atoms with Crippen molar-refractivity contribution in [2.45, 2.75) is 75.5 Å². The lowest BCUT2D eigenvalue weighted by molar-refractivity contribution is -0.138. The number of pyridine rings is 1. The zero-order valence-corrected chi connectivity index (χ0v) is 20.6. The molecule has 14 heteroatoms. The fourth-order valence-electron chi connectivity index (χ4n) is 5.06. The third kappa shape index (κ3) is 6.83. The van der Waals surface area contributed by atoms with Gasteiger partial charge in [-0.3, -0.25) is 19.5 Å². The van der Waals surface area contributed by atoms with Crippen molar-refractivity contribution in [2.75, 3.05) is 19.6 Å². The molecule has 1 aliphatic heterocycles. The summed E-state index contributed by atoms with van der Waals surface area (Å²) in [4.78, 5) is 34.0. The maximum atomic E-state index is 13.7. The first-order valence-electron chi connectivity index (χ1n) is 12.5. The van der Waals surface area contributed by atoms with E-state index in [4.69, 9.17) is 0 Å². The first-order chi connectivity index (χ1) is 17.9. The number of nitrogens with zero attached hydrogens (tertiary/aromatic N) is 5. The van der Waals surface area contributed by atoms with Crippen LogP contribution >= 0.6 is 0 Å². The van der Waals surface area contributed by atoms with E-state index in [0.717, 1.165) is 25.0 Å². The predicted molar refractivity (Wildman–Crippen MR) is 125 cm³/mol. The summed E-state index contributed by atoms with van der Waals surface area (Å²) in [6.07, 6.45) is -0.813. The number of rotatable bonds is 9. The van der Waals surface area contributed by atoms with Gasteiger partial charge in [-0.25, -0.2) is 18.4 Å². The fraction of sp³-hybridized carbons (Fsp3) is 0.625. The van der Waals surface area contributed by atoms with Gasteiger partial charge in [0.15, 0.2) is 5.82 Å². The summed E-state index contributed by atoms with van der Waals surface area (Å²) >= 11 is 0. The van der Waals surface area contributed by atoms with E-state index in [-0.39, 0.29) is 31.3 Å². The molecule has 0 spiro atoms. The minimum absolute atomic E-state index is 0.0861. The lowest BCUT2D eigenvalue weighted by Crippen LogP contribution is -2.45. The van der Waals surface area contributed by atoms with Gasteiger partial charge in [-0.2, -0.15) is 13.2 Å². The molecule has 2 aromatic heterocycles. The molecule has 2 aromatic rings. The topological polar surface area (TPSA) is 113 Å². The Morgan fingerprint density at radius 1 is 1.21 bits per heavy atom. The molecule has 38 heavy (non-hydrogen) atoms. The largest absolute Gasteiger partial charge is 0.481 e. The minimum atomic E-state index is -4.71. The number of halogens is 5. The van der Waals surface area contributed by atoms with E-state index >= 15 is 0 Å². The van der Waals surface area contributed by atoms with Gasteiger partial charge in [-0.05, 0) is 44.4 Å². The Hall–Kier alpha value is -3.16. The lowest BCUT2D eigenvalue weighted by atomic mass is 10.1. The molecule has 4 rings (SSSR count). The number of nitrogens with one attached hydrogen (secondary N) is 1. The van der Waals surface area contributed by atoms with Crippen molar-refractivity contribution in [1.82, 2.24) is 30.0 Å². The third-order valence-electron chi connectivity index (χ3n) is 6.85. The molecule has 0 aromatic carbocycles. The van der Waals surface area contributed by atoms with Crippen molar-refractivity contribution in [3.63, 3.8) is 0 Å². The van der Waals surface area contributed by atoms with Gasteiger partial charge in [0.2, 0.25) is 5.82 Å². The molecule has 1 atom stereocenters. The first kappa shape index (κ1) is 27.9. The summed E-state index contributed by atoms with van der Waals surface area (Å²) in [5.74, 6) is -5.49. The molecule has 0 radical (unpaired) electrons. The standard InChI is InChI=1S/C24H29F5N6O3/c25-23(26)9-4-11-34(14-23)12-8-15(13-18(36)37)31-22(38)20-32-21(35(33-20)16-5-1-2-6-16)19-17(24(27,28)29)7-3-10-30-19/h3,7,10,15-16H,1-2,4-6,8-9,11-14H2,(H,31,38)(H,36,37). The number of hydrogen-bond acceptors (Lipinski definition) is 6.